The van der Waals surface area contributed by atoms with Gasteiger partial charge in [0.05, 0.1) is 12.6 Å². The summed E-state index contributed by atoms with van der Waals surface area (Å²) in [4.78, 5) is 33.0. The first-order valence-electron chi connectivity index (χ1n) is 11.0. The maximum atomic E-state index is 12.9. The van der Waals surface area contributed by atoms with Crippen molar-refractivity contribution < 1.29 is 9.59 Å². The Morgan fingerprint density at radius 3 is 2.52 bits per heavy atom. The Bertz CT molecular complexity index is 668. The van der Waals surface area contributed by atoms with E-state index in [0.717, 1.165) is 50.1 Å². The van der Waals surface area contributed by atoms with Crippen molar-refractivity contribution in [3.05, 3.63) is 11.1 Å². The summed E-state index contributed by atoms with van der Waals surface area (Å²) in [6.45, 7) is 4.27. The van der Waals surface area contributed by atoms with Crippen molar-refractivity contribution in [2.75, 3.05) is 18.8 Å². The molecule has 0 radical (unpaired) electrons. The normalized spacial score (nSPS) is 20.7. The number of likely N-dealkylation sites (tertiary alicyclic amines) is 1. The molecule has 1 saturated heterocycles. The smallest absolute Gasteiger partial charge is 0.242 e. The fourth-order valence-corrected chi connectivity index (χ4v) is 5.08. The first-order chi connectivity index (χ1) is 14.0. The molecule has 162 valence electrons. The van der Waals surface area contributed by atoms with Crippen molar-refractivity contribution in [1.82, 2.24) is 20.5 Å². The number of carbonyl (C=O) groups is 2. The lowest BCUT2D eigenvalue weighted by atomic mass is 9.84. The highest BCUT2D eigenvalue weighted by Crippen LogP contribution is 2.27. The van der Waals surface area contributed by atoms with Gasteiger partial charge in [-0.25, -0.2) is 4.98 Å². The molecule has 1 aliphatic heterocycles. The predicted molar refractivity (Wildman–Crippen MR) is 116 cm³/mol. The lowest BCUT2D eigenvalue weighted by Gasteiger charge is -2.33. The predicted octanol–water partition coefficient (Wildman–Crippen LogP) is 2.67. The van der Waals surface area contributed by atoms with Crippen LogP contribution >= 0.6 is 11.3 Å². The lowest BCUT2D eigenvalue weighted by molar-refractivity contribution is -0.132. The van der Waals surface area contributed by atoms with Crippen LogP contribution in [-0.2, 0) is 16.1 Å². The molecule has 0 spiro atoms. The lowest BCUT2D eigenvalue weighted by Crippen LogP contribution is -2.54. The van der Waals surface area contributed by atoms with Gasteiger partial charge in [0.25, 0.3) is 0 Å². The van der Waals surface area contributed by atoms with Gasteiger partial charge in [-0.2, -0.15) is 0 Å². The second-order valence-electron chi connectivity index (χ2n) is 8.46. The van der Waals surface area contributed by atoms with Crippen LogP contribution in [0.5, 0.6) is 0 Å². The number of nitrogens with two attached hydrogens (primary N) is 1. The topological polar surface area (TPSA) is 100 Å². The Kier molecular flexibility index (Phi) is 8.29. The number of anilines is 1. The number of hydrogen-bond acceptors (Lipinski definition) is 6. The van der Waals surface area contributed by atoms with E-state index in [1.807, 2.05) is 6.92 Å². The van der Waals surface area contributed by atoms with Crippen molar-refractivity contribution in [1.29, 1.82) is 0 Å². The van der Waals surface area contributed by atoms with Crippen molar-refractivity contribution in [3.63, 3.8) is 0 Å². The van der Waals surface area contributed by atoms with Crippen LogP contribution in [0.25, 0.3) is 0 Å². The molecule has 1 aromatic heterocycles. The molecule has 0 unspecified atom stereocenters. The Hall–Kier alpha value is -1.67. The molecule has 1 aliphatic carbocycles. The van der Waals surface area contributed by atoms with Crippen molar-refractivity contribution in [2.24, 2.45) is 5.92 Å². The Labute approximate surface area is 177 Å². The molecule has 2 heterocycles. The fraction of sp³-hybridized carbons (Fsp3) is 0.762. The molecule has 4 N–H and O–H groups in total. The number of nitrogens with one attached hydrogen (secondary N) is 2. The number of nitrogen functional groups attached to an aromatic ring is 1. The zero-order valence-corrected chi connectivity index (χ0v) is 18.3. The van der Waals surface area contributed by atoms with E-state index in [1.165, 1.54) is 37.0 Å². The van der Waals surface area contributed by atoms with Gasteiger partial charge < -0.3 is 16.4 Å². The summed E-state index contributed by atoms with van der Waals surface area (Å²) in [6, 6.07) is -0.679. The highest BCUT2D eigenvalue weighted by molar-refractivity contribution is 7.15. The van der Waals surface area contributed by atoms with E-state index in [4.69, 9.17) is 5.73 Å². The minimum Gasteiger partial charge on any atom is -0.375 e. The molecule has 8 heteroatoms. The van der Waals surface area contributed by atoms with Crippen LogP contribution in [0.2, 0.25) is 0 Å². The third-order valence-corrected chi connectivity index (χ3v) is 7.08. The number of thiazole rings is 1. The molecular formula is C21H35N5O2S. The highest BCUT2D eigenvalue weighted by atomic mass is 32.1. The fourth-order valence-electron chi connectivity index (χ4n) is 4.45. The quantitative estimate of drug-likeness (QED) is 0.599. The van der Waals surface area contributed by atoms with E-state index in [9.17, 15) is 9.59 Å². The van der Waals surface area contributed by atoms with Gasteiger partial charge in [-0.15, -0.1) is 11.3 Å². The summed E-state index contributed by atoms with van der Waals surface area (Å²) in [5.41, 5.74) is 5.67. The van der Waals surface area contributed by atoms with Gasteiger partial charge in [0.15, 0.2) is 5.13 Å². The molecule has 29 heavy (non-hydrogen) atoms. The summed E-state index contributed by atoms with van der Waals surface area (Å²) in [5.74, 6) is 0.357. The van der Waals surface area contributed by atoms with Gasteiger partial charge in [0, 0.05) is 11.1 Å². The SMILES string of the molecule is C[C@@H](C(=O)N[C@@H](CC1CCCCC1)C(=O)NCc1cnc(N)s1)N1CCCCC1. The molecule has 0 aromatic carbocycles. The number of piperidine rings is 1. The average molecular weight is 422 g/mol. The number of rotatable bonds is 8. The zero-order valence-electron chi connectivity index (χ0n) is 17.5. The number of aromatic nitrogens is 1. The van der Waals surface area contributed by atoms with Gasteiger partial charge in [-0.1, -0.05) is 38.5 Å². The Balaban J connectivity index is 1.59. The first-order valence-corrected chi connectivity index (χ1v) is 11.9. The number of amides is 2. The average Bonchev–Trinajstić information content (AvgIpc) is 3.17. The van der Waals surface area contributed by atoms with E-state index in [1.54, 1.807) is 6.20 Å². The summed E-state index contributed by atoms with van der Waals surface area (Å²) >= 11 is 1.37. The standard InChI is InChI=1S/C21H35N5O2S/c1-15(26-10-6-3-7-11-26)19(27)25-18(12-16-8-4-2-5-9-16)20(28)23-13-17-14-24-21(22)29-17/h14-16,18H,2-13H2,1H3,(H2,22,24)(H,23,28)(H,25,27)/t15-,18-/m0/s1. The van der Waals surface area contributed by atoms with Crippen molar-refractivity contribution in [3.8, 4) is 0 Å². The van der Waals surface area contributed by atoms with Gasteiger partial charge in [0.1, 0.15) is 6.04 Å². The Morgan fingerprint density at radius 2 is 1.86 bits per heavy atom. The second-order valence-corrected chi connectivity index (χ2v) is 9.60. The van der Waals surface area contributed by atoms with Crippen molar-refractivity contribution in [2.45, 2.75) is 83.3 Å². The van der Waals surface area contributed by atoms with Crippen LogP contribution in [0.15, 0.2) is 6.20 Å². The van der Waals surface area contributed by atoms with Crippen molar-refractivity contribution >= 4 is 28.3 Å². The van der Waals surface area contributed by atoms with Gasteiger partial charge in [-0.3, -0.25) is 14.5 Å². The first kappa shape index (κ1) is 22.0. The monoisotopic (exact) mass is 421 g/mol. The van der Waals surface area contributed by atoms with Crippen LogP contribution in [-0.4, -0.2) is 46.9 Å². The van der Waals surface area contributed by atoms with Gasteiger partial charge in [-0.05, 0) is 45.2 Å². The minimum atomic E-state index is -0.483. The molecule has 7 nitrogen and oxygen atoms in total. The Morgan fingerprint density at radius 1 is 1.17 bits per heavy atom. The summed E-state index contributed by atoms with van der Waals surface area (Å²) in [5, 5.41) is 6.54. The maximum Gasteiger partial charge on any atom is 0.242 e. The molecule has 0 bridgehead atoms. The number of carbonyl (C=O) groups excluding carboxylic acids is 2. The number of nitrogens with zero attached hydrogens (tertiary/aromatic N) is 2. The maximum absolute atomic E-state index is 12.9. The highest BCUT2D eigenvalue weighted by Gasteiger charge is 2.29. The molecule has 2 aliphatic rings. The van der Waals surface area contributed by atoms with Crippen LogP contribution < -0.4 is 16.4 Å². The molecule has 2 amide bonds. The third-order valence-electron chi connectivity index (χ3n) is 6.25. The van der Waals surface area contributed by atoms with Crippen LogP contribution in [0.4, 0.5) is 5.13 Å². The second kappa shape index (κ2) is 10.9. The van der Waals surface area contributed by atoms with E-state index >= 15 is 0 Å². The van der Waals surface area contributed by atoms with E-state index in [2.05, 4.69) is 20.5 Å². The molecule has 2 fully saturated rings. The molecule has 1 aromatic rings. The van der Waals surface area contributed by atoms with Crippen LogP contribution in [0.3, 0.4) is 0 Å². The number of hydrogen-bond donors (Lipinski definition) is 3. The molecule has 2 atom stereocenters. The molecule has 3 rings (SSSR count). The molecular weight excluding hydrogens is 386 g/mol. The van der Waals surface area contributed by atoms with E-state index < -0.39 is 6.04 Å². The summed E-state index contributed by atoms with van der Waals surface area (Å²) < 4.78 is 0. The third kappa shape index (κ3) is 6.67. The largest absolute Gasteiger partial charge is 0.375 e. The molecule has 1 saturated carbocycles. The van der Waals surface area contributed by atoms with E-state index in [0.29, 0.717) is 17.6 Å². The van der Waals surface area contributed by atoms with E-state index in [-0.39, 0.29) is 17.9 Å². The van der Waals surface area contributed by atoms with Crippen LogP contribution in [0, 0.1) is 5.92 Å². The summed E-state index contributed by atoms with van der Waals surface area (Å²) in [6.07, 6.45) is 11.9. The summed E-state index contributed by atoms with van der Waals surface area (Å²) in [7, 11) is 0. The minimum absolute atomic E-state index is 0.0371. The van der Waals surface area contributed by atoms with Crippen LogP contribution in [0.1, 0.15) is 69.6 Å². The van der Waals surface area contributed by atoms with Gasteiger partial charge >= 0.3 is 0 Å². The van der Waals surface area contributed by atoms with Gasteiger partial charge in [0.2, 0.25) is 11.8 Å². The zero-order chi connectivity index (χ0) is 20.6.